The molecule has 2 aromatic heterocycles. The van der Waals surface area contributed by atoms with Gasteiger partial charge >= 0.3 is 0 Å². The van der Waals surface area contributed by atoms with Crippen LogP contribution in [-0.2, 0) is 0 Å². The highest BCUT2D eigenvalue weighted by Gasteiger charge is 2.03. The SMILES string of the molecule is [O-]/C(=C\c1nc2ccccc2[nH]1)c1nc2ccccc2[nH]1. The van der Waals surface area contributed by atoms with Gasteiger partial charge in [0.05, 0.1) is 22.1 Å². The summed E-state index contributed by atoms with van der Waals surface area (Å²) in [7, 11) is 0. The number of hydrogen-bond acceptors (Lipinski definition) is 3. The first-order valence-corrected chi connectivity index (χ1v) is 6.58. The number of aromatic amines is 2. The van der Waals surface area contributed by atoms with Crippen LogP contribution in [0.5, 0.6) is 0 Å². The highest BCUT2D eigenvalue weighted by Crippen LogP contribution is 2.16. The molecule has 5 nitrogen and oxygen atoms in total. The largest absolute Gasteiger partial charge is 0.870 e. The third-order valence-corrected chi connectivity index (χ3v) is 3.30. The van der Waals surface area contributed by atoms with Gasteiger partial charge in [0.25, 0.3) is 0 Å². The maximum absolute atomic E-state index is 12.3. The Kier molecular flexibility index (Phi) is 2.50. The highest BCUT2D eigenvalue weighted by molar-refractivity contribution is 5.82. The lowest BCUT2D eigenvalue weighted by Gasteiger charge is -2.06. The molecule has 4 rings (SSSR count). The first kappa shape index (κ1) is 11.7. The topological polar surface area (TPSA) is 80.4 Å². The van der Waals surface area contributed by atoms with Gasteiger partial charge in [0, 0.05) is 0 Å². The first-order valence-electron chi connectivity index (χ1n) is 6.58. The first-order chi connectivity index (χ1) is 10.3. The molecule has 0 atom stereocenters. The van der Waals surface area contributed by atoms with Crippen molar-refractivity contribution in [2.75, 3.05) is 0 Å². The van der Waals surface area contributed by atoms with E-state index in [2.05, 4.69) is 19.9 Å². The Morgan fingerprint density at radius 2 is 1.48 bits per heavy atom. The summed E-state index contributed by atoms with van der Waals surface area (Å²) in [6.07, 6.45) is 1.46. The van der Waals surface area contributed by atoms with E-state index in [-0.39, 0.29) is 5.76 Å². The molecular formula is C16H11N4O-. The summed E-state index contributed by atoms with van der Waals surface area (Å²) >= 11 is 0. The fourth-order valence-corrected chi connectivity index (χ4v) is 2.30. The van der Waals surface area contributed by atoms with Crippen LogP contribution in [0.25, 0.3) is 33.9 Å². The van der Waals surface area contributed by atoms with E-state index >= 15 is 0 Å². The minimum absolute atomic E-state index is 0.203. The van der Waals surface area contributed by atoms with Gasteiger partial charge in [-0.2, -0.15) is 0 Å². The van der Waals surface area contributed by atoms with Crippen LogP contribution in [-0.4, -0.2) is 19.9 Å². The molecule has 0 bridgehead atoms. The molecule has 2 aromatic carbocycles. The van der Waals surface area contributed by atoms with Gasteiger partial charge in [0.2, 0.25) is 0 Å². The molecule has 4 aromatic rings. The number of rotatable bonds is 2. The van der Waals surface area contributed by atoms with Gasteiger partial charge in [-0.15, -0.1) is 0 Å². The normalized spacial score (nSPS) is 12.3. The van der Waals surface area contributed by atoms with Gasteiger partial charge in [-0.05, 0) is 30.3 Å². The quantitative estimate of drug-likeness (QED) is 0.551. The minimum Gasteiger partial charge on any atom is -0.870 e. The maximum atomic E-state index is 12.3. The number of nitrogens with one attached hydrogen (secondary N) is 2. The Labute approximate surface area is 120 Å². The number of imidazole rings is 2. The molecule has 0 saturated heterocycles. The van der Waals surface area contributed by atoms with E-state index in [1.165, 1.54) is 6.08 Å². The van der Waals surface area contributed by atoms with Crippen molar-refractivity contribution in [1.82, 2.24) is 19.9 Å². The predicted octanol–water partition coefficient (Wildman–Crippen LogP) is 2.30. The van der Waals surface area contributed by atoms with E-state index in [9.17, 15) is 5.11 Å². The van der Waals surface area contributed by atoms with Crippen LogP contribution >= 0.6 is 0 Å². The molecule has 5 heteroatoms. The summed E-state index contributed by atoms with van der Waals surface area (Å²) in [6, 6.07) is 15.2. The monoisotopic (exact) mass is 275 g/mol. The van der Waals surface area contributed by atoms with E-state index in [4.69, 9.17) is 0 Å². The second kappa shape index (κ2) is 4.49. The molecule has 102 valence electrons. The predicted molar refractivity (Wildman–Crippen MR) is 80.1 cm³/mol. The lowest BCUT2D eigenvalue weighted by atomic mass is 10.3. The number of para-hydroxylation sites is 4. The van der Waals surface area contributed by atoms with Crippen molar-refractivity contribution in [3.8, 4) is 0 Å². The van der Waals surface area contributed by atoms with E-state index in [0.717, 1.165) is 22.1 Å². The van der Waals surface area contributed by atoms with Gasteiger partial charge in [0.15, 0.2) is 0 Å². The average molecular weight is 275 g/mol. The third-order valence-electron chi connectivity index (χ3n) is 3.30. The smallest absolute Gasteiger partial charge is 0.130 e. The van der Waals surface area contributed by atoms with Crippen LogP contribution < -0.4 is 5.11 Å². The van der Waals surface area contributed by atoms with Crippen LogP contribution in [0.1, 0.15) is 11.6 Å². The molecule has 0 unspecified atom stereocenters. The average Bonchev–Trinajstić information content (AvgIpc) is 3.10. The van der Waals surface area contributed by atoms with Gasteiger partial charge in [-0.3, -0.25) is 0 Å². The molecular weight excluding hydrogens is 264 g/mol. The van der Waals surface area contributed by atoms with Crippen molar-refractivity contribution in [3.05, 3.63) is 60.2 Å². The van der Waals surface area contributed by atoms with Crippen molar-refractivity contribution < 1.29 is 5.11 Å². The van der Waals surface area contributed by atoms with E-state index in [1.54, 1.807) is 0 Å². The van der Waals surface area contributed by atoms with Crippen molar-refractivity contribution in [3.63, 3.8) is 0 Å². The highest BCUT2D eigenvalue weighted by atomic mass is 16.3. The Morgan fingerprint density at radius 1 is 0.857 bits per heavy atom. The lowest BCUT2D eigenvalue weighted by Crippen LogP contribution is -2.04. The molecule has 0 aliphatic heterocycles. The van der Waals surface area contributed by atoms with Crippen LogP contribution in [0.2, 0.25) is 0 Å². The number of hydrogen-bond donors (Lipinski definition) is 2. The Morgan fingerprint density at radius 3 is 2.14 bits per heavy atom. The molecule has 0 saturated carbocycles. The van der Waals surface area contributed by atoms with Gasteiger partial charge in [-0.1, -0.05) is 30.0 Å². The van der Waals surface area contributed by atoms with Crippen LogP contribution in [0.15, 0.2) is 48.5 Å². The Bertz CT molecular complexity index is 898. The van der Waals surface area contributed by atoms with Crippen LogP contribution in [0.4, 0.5) is 0 Å². The standard InChI is InChI=1S/C16H12N4O/c21-14(16-19-12-7-3-4-8-13(12)20-16)9-15-17-10-5-1-2-6-11(10)18-15/h1-9,21H,(H,17,18)(H,19,20)/p-1/b14-9-. The second-order valence-corrected chi connectivity index (χ2v) is 4.75. The lowest BCUT2D eigenvalue weighted by molar-refractivity contribution is -0.243. The minimum atomic E-state index is -0.203. The molecule has 0 aliphatic carbocycles. The molecule has 2 heterocycles. The summed E-state index contributed by atoms with van der Waals surface area (Å²) in [5, 5.41) is 12.3. The third kappa shape index (κ3) is 2.04. The van der Waals surface area contributed by atoms with Crippen molar-refractivity contribution in [1.29, 1.82) is 0 Å². The van der Waals surface area contributed by atoms with Crippen molar-refractivity contribution >= 4 is 33.9 Å². The van der Waals surface area contributed by atoms with Crippen LogP contribution in [0, 0.1) is 0 Å². The summed E-state index contributed by atoms with van der Waals surface area (Å²) < 4.78 is 0. The van der Waals surface area contributed by atoms with E-state index < -0.39 is 0 Å². The maximum Gasteiger partial charge on any atom is 0.130 e. The zero-order valence-electron chi connectivity index (χ0n) is 11.0. The zero-order valence-corrected chi connectivity index (χ0v) is 11.0. The fraction of sp³-hybridized carbons (Fsp3) is 0. The Hall–Kier alpha value is -3.08. The van der Waals surface area contributed by atoms with E-state index in [0.29, 0.717) is 11.6 Å². The van der Waals surface area contributed by atoms with E-state index in [1.807, 2.05) is 48.5 Å². The van der Waals surface area contributed by atoms with Gasteiger partial charge in [-0.25, -0.2) is 9.97 Å². The summed E-state index contributed by atoms with van der Waals surface area (Å²) in [5.74, 6) is 0.642. The molecule has 2 N–H and O–H groups in total. The molecule has 0 spiro atoms. The van der Waals surface area contributed by atoms with Crippen molar-refractivity contribution in [2.45, 2.75) is 0 Å². The summed E-state index contributed by atoms with van der Waals surface area (Å²) in [4.78, 5) is 14.8. The summed E-state index contributed by atoms with van der Waals surface area (Å²) in [5.41, 5.74) is 3.36. The molecule has 0 amide bonds. The number of aromatic nitrogens is 4. The second-order valence-electron chi connectivity index (χ2n) is 4.75. The molecule has 0 aliphatic rings. The zero-order chi connectivity index (χ0) is 14.2. The number of fused-ring (bicyclic) bond motifs is 2. The fourth-order valence-electron chi connectivity index (χ4n) is 2.30. The number of nitrogens with zero attached hydrogens (tertiary/aromatic N) is 2. The van der Waals surface area contributed by atoms with Crippen LogP contribution in [0.3, 0.4) is 0 Å². The number of H-pyrrole nitrogens is 2. The summed E-state index contributed by atoms with van der Waals surface area (Å²) in [6.45, 7) is 0. The molecule has 21 heavy (non-hydrogen) atoms. The van der Waals surface area contributed by atoms with Crippen molar-refractivity contribution in [2.24, 2.45) is 0 Å². The van der Waals surface area contributed by atoms with Gasteiger partial charge < -0.3 is 15.1 Å². The number of benzene rings is 2. The molecule has 0 radical (unpaired) electrons. The van der Waals surface area contributed by atoms with Gasteiger partial charge in [0.1, 0.15) is 11.6 Å². The Balaban J connectivity index is 1.76. The molecule has 0 fully saturated rings.